The molecule has 2 N–H and O–H groups in total. The van der Waals surface area contributed by atoms with Crippen LogP contribution >= 0.6 is 0 Å². The number of piperazine rings is 1. The number of furan rings is 1. The lowest BCUT2D eigenvalue weighted by Crippen LogP contribution is -3.29. The molecule has 0 radical (unpaired) electrons. The summed E-state index contributed by atoms with van der Waals surface area (Å²) in [7, 11) is 0. The van der Waals surface area contributed by atoms with Crippen molar-refractivity contribution in [3.05, 3.63) is 30.0 Å². The van der Waals surface area contributed by atoms with E-state index in [0.717, 1.165) is 17.6 Å². The van der Waals surface area contributed by atoms with Crippen LogP contribution in [-0.4, -0.2) is 52.4 Å². The maximum absolute atomic E-state index is 5.49. The van der Waals surface area contributed by atoms with Gasteiger partial charge in [0.1, 0.15) is 38.5 Å². The van der Waals surface area contributed by atoms with Gasteiger partial charge < -0.3 is 14.2 Å². The molecule has 2 aliphatic rings. The van der Waals surface area contributed by atoms with Gasteiger partial charge in [0.05, 0.1) is 12.3 Å². The summed E-state index contributed by atoms with van der Waals surface area (Å²) in [6.45, 7) is 10.2. The summed E-state index contributed by atoms with van der Waals surface area (Å²) in [6, 6.07) is 5.14. The molecule has 1 atom stereocenters. The molecular weight excluding hydrogens is 328 g/mol. The normalized spacial score (nSPS) is 25.8. The first-order valence-corrected chi connectivity index (χ1v) is 10.2. The summed E-state index contributed by atoms with van der Waals surface area (Å²) >= 11 is 0. The van der Waals surface area contributed by atoms with Crippen molar-refractivity contribution < 1.29 is 14.2 Å². The molecule has 1 aliphatic carbocycles. The maximum atomic E-state index is 5.49. The summed E-state index contributed by atoms with van der Waals surface area (Å²) < 4.78 is 7.42. The van der Waals surface area contributed by atoms with Crippen molar-refractivity contribution in [1.29, 1.82) is 0 Å². The van der Waals surface area contributed by atoms with Crippen molar-refractivity contribution in [2.45, 2.75) is 58.2 Å². The van der Waals surface area contributed by atoms with Gasteiger partial charge in [-0.1, -0.05) is 13.8 Å². The lowest BCUT2D eigenvalue weighted by atomic mass is 10.00. The first-order chi connectivity index (χ1) is 12.7. The minimum absolute atomic E-state index is 0.338. The van der Waals surface area contributed by atoms with E-state index in [2.05, 4.69) is 29.4 Å². The van der Waals surface area contributed by atoms with Crippen LogP contribution in [0.2, 0.25) is 0 Å². The summed E-state index contributed by atoms with van der Waals surface area (Å²) in [4.78, 5) is 3.47. The van der Waals surface area contributed by atoms with Gasteiger partial charge in [-0.25, -0.2) is 4.68 Å². The molecule has 4 rings (SSSR count). The molecule has 1 saturated carbocycles. The van der Waals surface area contributed by atoms with Crippen molar-refractivity contribution in [2.24, 2.45) is 5.92 Å². The van der Waals surface area contributed by atoms with Crippen LogP contribution in [0.15, 0.2) is 22.8 Å². The number of nitrogens with zero attached hydrogens (tertiary/aromatic N) is 4. The second kappa shape index (κ2) is 7.88. The Bertz CT molecular complexity index is 668. The quantitative estimate of drug-likeness (QED) is 0.745. The van der Waals surface area contributed by atoms with Crippen molar-refractivity contribution in [1.82, 2.24) is 20.2 Å². The van der Waals surface area contributed by atoms with E-state index in [4.69, 9.17) is 4.42 Å². The average molecular weight is 361 g/mol. The summed E-state index contributed by atoms with van der Waals surface area (Å²) in [5, 5.41) is 12.6. The van der Waals surface area contributed by atoms with Gasteiger partial charge in [0.2, 0.25) is 5.82 Å². The van der Waals surface area contributed by atoms with E-state index < -0.39 is 0 Å². The Kier molecular flexibility index (Phi) is 5.36. The second-order valence-corrected chi connectivity index (χ2v) is 8.29. The fourth-order valence-electron chi connectivity index (χ4n) is 4.99. The number of aromatic nitrogens is 4. The number of hydrogen-bond donors (Lipinski definition) is 2. The molecule has 2 aromatic rings. The predicted octanol–water partition coefficient (Wildman–Crippen LogP) is -0.262. The molecule has 0 spiro atoms. The van der Waals surface area contributed by atoms with E-state index in [-0.39, 0.29) is 0 Å². The molecular formula is C19H32N6O+2. The van der Waals surface area contributed by atoms with Crippen molar-refractivity contribution in [3.8, 4) is 0 Å². The molecule has 7 heteroatoms. The lowest BCUT2D eigenvalue weighted by Gasteiger charge is -2.37. The van der Waals surface area contributed by atoms with Crippen LogP contribution in [0.5, 0.6) is 0 Å². The third-order valence-corrected chi connectivity index (χ3v) is 6.30. The number of nitrogens with one attached hydrogen (secondary N) is 2. The van der Waals surface area contributed by atoms with Gasteiger partial charge in [-0.15, -0.1) is 5.10 Å². The van der Waals surface area contributed by atoms with E-state index in [1.807, 2.05) is 21.7 Å². The van der Waals surface area contributed by atoms with Gasteiger partial charge in [0.25, 0.3) is 0 Å². The summed E-state index contributed by atoms with van der Waals surface area (Å²) in [5.41, 5.74) is 0. The second-order valence-electron chi connectivity index (χ2n) is 8.29. The van der Waals surface area contributed by atoms with E-state index in [1.54, 1.807) is 11.2 Å². The molecule has 1 saturated heterocycles. The lowest BCUT2D eigenvalue weighted by molar-refractivity contribution is -1.04. The van der Waals surface area contributed by atoms with Crippen LogP contribution in [0.4, 0.5) is 0 Å². The maximum Gasteiger partial charge on any atom is 0.210 e. The minimum Gasteiger partial charge on any atom is -0.467 e. The standard InChI is InChI=1S/C19H30N6O/c1-15(2)18(19-20-21-22-25(19)14-17-8-5-13-26-17)24-11-9-23(10-12-24)16-6-3-4-7-16/h5,8,13,15-16,18H,3-4,6-7,9-12,14H2,1-2H3/p+2/t18-/m0/s1. The first kappa shape index (κ1) is 17.7. The number of tetrazole rings is 1. The third-order valence-electron chi connectivity index (χ3n) is 6.30. The highest BCUT2D eigenvalue weighted by atomic mass is 16.3. The third kappa shape index (κ3) is 3.69. The van der Waals surface area contributed by atoms with Crippen LogP contribution in [0.25, 0.3) is 0 Å². The van der Waals surface area contributed by atoms with Gasteiger partial charge in [-0.2, -0.15) is 0 Å². The number of rotatable bonds is 6. The van der Waals surface area contributed by atoms with Crippen LogP contribution in [0.3, 0.4) is 0 Å². The molecule has 2 aromatic heterocycles. The van der Waals surface area contributed by atoms with E-state index in [0.29, 0.717) is 18.5 Å². The van der Waals surface area contributed by atoms with E-state index in [1.165, 1.54) is 51.9 Å². The number of quaternary nitrogens is 2. The fourth-order valence-corrected chi connectivity index (χ4v) is 4.99. The Morgan fingerprint density at radius 2 is 1.96 bits per heavy atom. The van der Waals surface area contributed by atoms with Crippen LogP contribution in [-0.2, 0) is 6.54 Å². The van der Waals surface area contributed by atoms with Gasteiger partial charge in [0.15, 0.2) is 6.04 Å². The zero-order chi connectivity index (χ0) is 17.9. The largest absolute Gasteiger partial charge is 0.467 e. The van der Waals surface area contributed by atoms with Crippen molar-refractivity contribution >= 4 is 0 Å². The molecule has 7 nitrogen and oxygen atoms in total. The van der Waals surface area contributed by atoms with Gasteiger partial charge in [-0.05, 0) is 48.2 Å². The Labute approximate surface area is 155 Å². The molecule has 0 unspecified atom stereocenters. The van der Waals surface area contributed by atoms with Crippen molar-refractivity contribution in [3.63, 3.8) is 0 Å². The highest BCUT2D eigenvalue weighted by Gasteiger charge is 2.38. The number of hydrogen-bond acceptors (Lipinski definition) is 4. The van der Waals surface area contributed by atoms with Gasteiger partial charge in [-0.3, -0.25) is 0 Å². The van der Waals surface area contributed by atoms with E-state index >= 15 is 0 Å². The molecule has 2 fully saturated rings. The average Bonchev–Trinajstić information content (AvgIpc) is 3.39. The Balaban J connectivity index is 1.46. The SMILES string of the molecule is CC(C)[C@@H](c1nnnn1Cc1ccco1)[NH+]1CC[NH+](C2CCCC2)CC1. The highest BCUT2D eigenvalue weighted by Crippen LogP contribution is 2.18. The molecule has 0 aromatic carbocycles. The Morgan fingerprint density at radius 1 is 1.19 bits per heavy atom. The highest BCUT2D eigenvalue weighted by molar-refractivity contribution is 5.00. The minimum atomic E-state index is 0.338. The van der Waals surface area contributed by atoms with Gasteiger partial charge >= 0.3 is 0 Å². The molecule has 142 valence electrons. The Morgan fingerprint density at radius 3 is 2.62 bits per heavy atom. The van der Waals surface area contributed by atoms with Gasteiger partial charge in [0, 0.05) is 5.92 Å². The smallest absolute Gasteiger partial charge is 0.210 e. The van der Waals surface area contributed by atoms with Crippen LogP contribution < -0.4 is 9.80 Å². The van der Waals surface area contributed by atoms with E-state index in [9.17, 15) is 0 Å². The zero-order valence-corrected chi connectivity index (χ0v) is 16.0. The van der Waals surface area contributed by atoms with Crippen LogP contribution in [0.1, 0.15) is 57.2 Å². The van der Waals surface area contributed by atoms with Crippen molar-refractivity contribution in [2.75, 3.05) is 26.2 Å². The molecule has 26 heavy (non-hydrogen) atoms. The molecule has 0 amide bonds. The zero-order valence-electron chi connectivity index (χ0n) is 16.0. The van der Waals surface area contributed by atoms with Crippen LogP contribution in [0, 0.1) is 5.92 Å². The predicted molar refractivity (Wildman–Crippen MR) is 96.9 cm³/mol. The topological polar surface area (TPSA) is 65.6 Å². The summed E-state index contributed by atoms with van der Waals surface area (Å²) in [5.74, 6) is 2.39. The first-order valence-electron chi connectivity index (χ1n) is 10.2. The fraction of sp³-hybridized carbons (Fsp3) is 0.737. The Hall–Kier alpha value is -1.73. The summed E-state index contributed by atoms with van der Waals surface area (Å²) in [6.07, 6.45) is 7.43. The molecule has 3 heterocycles. The molecule has 0 bridgehead atoms. The molecule has 1 aliphatic heterocycles. The monoisotopic (exact) mass is 360 g/mol.